The fourth-order valence-electron chi connectivity index (χ4n) is 2.23. The number of carbonyl (C=O) groups excluding carboxylic acids is 1. The Labute approximate surface area is 154 Å². The molecule has 0 N–H and O–H groups in total. The molecule has 0 aliphatic heterocycles. The molecule has 1 aromatic carbocycles. The average molecular weight is 382 g/mol. The van der Waals surface area contributed by atoms with Crippen molar-refractivity contribution in [2.75, 3.05) is 13.7 Å². The van der Waals surface area contributed by atoms with Crippen LogP contribution in [0.5, 0.6) is 0 Å². The largest absolute Gasteiger partial charge is 0.760 e. The Balaban J connectivity index is 1.96. The third kappa shape index (κ3) is 5.89. The van der Waals surface area contributed by atoms with Gasteiger partial charge in [0.2, 0.25) is 0 Å². The van der Waals surface area contributed by atoms with Crippen molar-refractivity contribution in [3.8, 4) is 0 Å². The number of nitrogens with zero attached hydrogens (tertiary/aromatic N) is 2. The Bertz CT molecular complexity index is 712. The number of carbonyl (C=O) groups is 1. The zero-order valence-corrected chi connectivity index (χ0v) is 15.2. The number of hydrogen-bond donors (Lipinski definition) is 0. The molecule has 0 spiro atoms. The predicted molar refractivity (Wildman–Crippen MR) is 94.6 cm³/mol. The Morgan fingerprint density at radius 3 is 2.60 bits per heavy atom. The van der Waals surface area contributed by atoms with Crippen molar-refractivity contribution in [2.24, 2.45) is 0 Å². The highest BCUT2D eigenvalue weighted by atomic mass is 35.5. The molecule has 0 aliphatic rings. The maximum Gasteiger partial charge on any atom is 0.339 e. The second-order valence-corrected chi connectivity index (χ2v) is 6.75. The number of alkyl halides is 1. The topological polar surface area (TPSA) is 82.6 Å². The first-order valence-corrected chi connectivity index (χ1v) is 9.04. The number of esters is 1. The van der Waals surface area contributed by atoms with Crippen LogP contribution in [-0.4, -0.2) is 37.7 Å². The molecule has 1 heterocycles. The summed E-state index contributed by atoms with van der Waals surface area (Å²) in [5.41, 5.74) is 1.79. The number of benzene rings is 1. The molecular weight excluding hydrogens is 364 g/mol. The molecule has 0 saturated carbocycles. The van der Waals surface area contributed by atoms with E-state index in [1.807, 2.05) is 30.3 Å². The fourth-order valence-corrected chi connectivity index (χ4v) is 2.96. The second-order valence-electron chi connectivity index (χ2n) is 5.28. The molecule has 2 rings (SSSR count). The number of rotatable bonds is 8. The summed E-state index contributed by atoms with van der Waals surface area (Å²) in [6, 6.07) is 12.6. The highest BCUT2D eigenvalue weighted by molar-refractivity contribution is 7.76. The first-order valence-electron chi connectivity index (χ1n) is 7.58. The van der Waals surface area contributed by atoms with E-state index in [1.165, 1.54) is 17.6 Å². The van der Waals surface area contributed by atoms with Crippen LogP contribution in [0.4, 0.5) is 0 Å². The van der Waals surface area contributed by atoms with E-state index < -0.39 is 17.2 Å². The molecule has 0 radical (unpaired) electrons. The second kappa shape index (κ2) is 9.62. The summed E-state index contributed by atoms with van der Waals surface area (Å²) in [5, 5.41) is -0.276. The van der Waals surface area contributed by atoms with Gasteiger partial charge in [-0.25, -0.2) is 9.10 Å². The Morgan fingerprint density at radius 2 is 2.04 bits per heavy atom. The average Bonchev–Trinajstić information content (AvgIpc) is 2.65. The molecule has 1 aromatic heterocycles. The monoisotopic (exact) mass is 381 g/mol. The van der Waals surface area contributed by atoms with Crippen molar-refractivity contribution in [1.29, 1.82) is 0 Å². The highest BCUT2D eigenvalue weighted by Gasteiger charge is 2.13. The molecule has 0 bridgehead atoms. The minimum absolute atomic E-state index is 0.107. The van der Waals surface area contributed by atoms with E-state index in [4.69, 9.17) is 11.6 Å². The molecule has 2 unspecified atom stereocenters. The van der Waals surface area contributed by atoms with E-state index in [2.05, 4.69) is 9.72 Å². The number of pyridine rings is 1. The summed E-state index contributed by atoms with van der Waals surface area (Å²) in [4.78, 5) is 15.5. The van der Waals surface area contributed by atoms with Crippen LogP contribution in [0.2, 0.25) is 0 Å². The lowest BCUT2D eigenvalue weighted by atomic mass is 10.1. The van der Waals surface area contributed by atoms with Gasteiger partial charge >= 0.3 is 5.97 Å². The standard InChI is InChI=1S/C17H19ClN2O4S/c1-24-17(21)14-7-8-15(19-11-14)12-20(25(22)23)10-9-16(18)13-5-3-2-4-6-13/h2-8,11,16H,9-10,12H2,1H3,(H,22,23)/p-1. The molecule has 8 heteroatoms. The van der Waals surface area contributed by atoms with Gasteiger partial charge in [0, 0.05) is 24.0 Å². The molecule has 0 fully saturated rings. The van der Waals surface area contributed by atoms with Crippen molar-refractivity contribution in [1.82, 2.24) is 9.29 Å². The third-order valence-electron chi connectivity index (χ3n) is 3.59. The summed E-state index contributed by atoms with van der Waals surface area (Å²) in [6.07, 6.45) is 1.83. The Morgan fingerprint density at radius 1 is 1.32 bits per heavy atom. The first kappa shape index (κ1) is 19.5. The number of hydrogen-bond acceptors (Lipinski definition) is 5. The van der Waals surface area contributed by atoms with Crippen LogP contribution in [-0.2, 0) is 22.5 Å². The highest BCUT2D eigenvalue weighted by Crippen LogP contribution is 2.24. The SMILES string of the molecule is COC(=O)c1ccc(CN(CCC(Cl)c2ccccc2)S(=O)[O-])nc1. The van der Waals surface area contributed by atoms with Gasteiger partial charge in [0.05, 0.1) is 30.3 Å². The van der Waals surface area contributed by atoms with E-state index >= 15 is 0 Å². The van der Waals surface area contributed by atoms with Crippen molar-refractivity contribution in [3.63, 3.8) is 0 Å². The molecule has 2 aromatic rings. The lowest BCUT2D eigenvalue weighted by Crippen LogP contribution is -2.27. The van der Waals surface area contributed by atoms with Crippen molar-refractivity contribution >= 4 is 28.8 Å². The number of halogens is 1. The summed E-state index contributed by atoms with van der Waals surface area (Å²) in [7, 11) is 1.29. The maximum atomic E-state index is 11.5. The summed E-state index contributed by atoms with van der Waals surface area (Å²) in [5.74, 6) is -0.490. The molecule has 25 heavy (non-hydrogen) atoms. The number of ether oxygens (including phenoxy) is 1. The van der Waals surface area contributed by atoms with Crippen LogP contribution in [0, 0.1) is 0 Å². The lowest BCUT2D eigenvalue weighted by molar-refractivity contribution is 0.0600. The van der Waals surface area contributed by atoms with Crippen LogP contribution in [0.1, 0.15) is 33.4 Å². The number of methoxy groups -OCH3 is 1. The molecular formula is C17H18ClN2O4S-. The van der Waals surface area contributed by atoms with Crippen LogP contribution in [0.15, 0.2) is 48.7 Å². The van der Waals surface area contributed by atoms with Crippen molar-refractivity contribution in [2.45, 2.75) is 18.3 Å². The van der Waals surface area contributed by atoms with Crippen molar-refractivity contribution in [3.05, 3.63) is 65.5 Å². The van der Waals surface area contributed by atoms with Gasteiger partial charge in [0.25, 0.3) is 0 Å². The van der Waals surface area contributed by atoms with E-state index in [9.17, 15) is 13.6 Å². The normalized spacial score (nSPS) is 13.4. The minimum atomic E-state index is -2.40. The summed E-state index contributed by atoms with van der Waals surface area (Å²) in [6.45, 7) is 0.371. The molecule has 0 saturated heterocycles. The predicted octanol–water partition coefficient (Wildman–Crippen LogP) is 2.83. The van der Waals surface area contributed by atoms with Gasteiger partial charge in [-0.1, -0.05) is 30.3 Å². The lowest BCUT2D eigenvalue weighted by Gasteiger charge is -2.25. The molecule has 134 valence electrons. The maximum absolute atomic E-state index is 11.5. The van der Waals surface area contributed by atoms with E-state index in [0.717, 1.165) is 5.56 Å². The zero-order chi connectivity index (χ0) is 18.2. The van der Waals surface area contributed by atoms with Crippen LogP contribution >= 0.6 is 11.6 Å². The van der Waals surface area contributed by atoms with Gasteiger partial charge in [0.15, 0.2) is 0 Å². The number of aromatic nitrogens is 1. The molecule has 6 nitrogen and oxygen atoms in total. The van der Waals surface area contributed by atoms with Gasteiger partial charge in [-0.2, -0.15) is 0 Å². The minimum Gasteiger partial charge on any atom is -0.760 e. The molecule has 0 amide bonds. The van der Waals surface area contributed by atoms with Gasteiger partial charge in [0.1, 0.15) is 0 Å². The van der Waals surface area contributed by atoms with Gasteiger partial charge in [-0.3, -0.25) is 9.19 Å². The van der Waals surface area contributed by atoms with Crippen LogP contribution in [0.25, 0.3) is 0 Å². The summed E-state index contributed by atoms with van der Waals surface area (Å²) >= 11 is 3.94. The fraction of sp³-hybridized carbons (Fsp3) is 0.294. The van der Waals surface area contributed by atoms with Gasteiger partial charge in [-0.05, 0) is 24.1 Å². The molecule has 0 aliphatic carbocycles. The third-order valence-corrected chi connectivity index (χ3v) is 4.79. The van der Waals surface area contributed by atoms with E-state index in [1.54, 1.807) is 12.1 Å². The van der Waals surface area contributed by atoms with Crippen molar-refractivity contribution < 1.29 is 18.3 Å². The van der Waals surface area contributed by atoms with Gasteiger partial charge in [-0.15, -0.1) is 11.6 Å². The van der Waals surface area contributed by atoms with E-state index in [-0.39, 0.29) is 18.5 Å². The summed E-state index contributed by atoms with van der Waals surface area (Å²) < 4.78 is 28.8. The zero-order valence-electron chi connectivity index (χ0n) is 13.6. The first-order chi connectivity index (χ1) is 12.0. The quantitative estimate of drug-likeness (QED) is 0.399. The molecule has 2 atom stereocenters. The van der Waals surface area contributed by atoms with Crippen LogP contribution in [0.3, 0.4) is 0 Å². The smallest absolute Gasteiger partial charge is 0.339 e. The Kier molecular flexibility index (Phi) is 7.52. The van der Waals surface area contributed by atoms with Gasteiger partial charge < -0.3 is 9.29 Å². The van der Waals surface area contributed by atoms with Crippen LogP contribution < -0.4 is 0 Å². The Hall–Kier alpha value is -1.80. The van der Waals surface area contributed by atoms with E-state index in [0.29, 0.717) is 17.7 Å².